The molecule has 3 rings (SSSR count). The number of rotatable bonds is 4. The van der Waals surface area contributed by atoms with Crippen molar-refractivity contribution in [3.8, 4) is 0 Å². The Hall–Kier alpha value is -2.21. The highest BCUT2D eigenvalue weighted by Gasteiger charge is 2.24. The van der Waals surface area contributed by atoms with Crippen molar-refractivity contribution in [1.82, 2.24) is 24.6 Å². The molecule has 0 spiro atoms. The van der Waals surface area contributed by atoms with Gasteiger partial charge in [0.1, 0.15) is 12.2 Å². The fraction of sp³-hybridized carbons (Fsp3) is 0.400. The van der Waals surface area contributed by atoms with Crippen molar-refractivity contribution < 1.29 is 4.79 Å². The molecule has 1 aliphatic rings. The highest BCUT2D eigenvalue weighted by Crippen LogP contribution is 2.11. The summed E-state index contributed by atoms with van der Waals surface area (Å²) in [4.78, 5) is 20.5. The van der Waals surface area contributed by atoms with E-state index in [-0.39, 0.29) is 5.91 Å². The number of nitrogens with zero attached hydrogens (tertiary/aromatic N) is 5. The average molecular weight is 285 g/mol. The van der Waals surface area contributed by atoms with Gasteiger partial charge in [-0.25, -0.2) is 4.98 Å². The van der Waals surface area contributed by atoms with Crippen molar-refractivity contribution in [3.63, 3.8) is 0 Å². The van der Waals surface area contributed by atoms with Crippen LogP contribution in [0.25, 0.3) is 0 Å². The third kappa shape index (κ3) is 3.28. The minimum atomic E-state index is 0.173. The summed E-state index contributed by atoms with van der Waals surface area (Å²) < 4.78 is 1.75. The smallest absolute Gasteiger partial charge is 0.237 e. The topological polar surface area (TPSA) is 54.3 Å². The van der Waals surface area contributed by atoms with E-state index >= 15 is 0 Å². The Balaban J connectivity index is 1.57. The van der Waals surface area contributed by atoms with Crippen LogP contribution in [0.15, 0.2) is 36.7 Å². The summed E-state index contributed by atoms with van der Waals surface area (Å²) in [5.41, 5.74) is 1.17. The lowest BCUT2D eigenvalue weighted by atomic mass is 10.2. The van der Waals surface area contributed by atoms with Gasteiger partial charge in [-0.2, -0.15) is 5.10 Å². The van der Waals surface area contributed by atoms with Crippen molar-refractivity contribution >= 4 is 5.91 Å². The molecule has 21 heavy (non-hydrogen) atoms. The quantitative estimate of drug-likeness (QED) is 0.828. The SMILES string of the molecule is Cn1ncnc1CN1CCN(Cc2ccccc2)C(=O)C1. The number of aryl methyl sites for hydroxylation is 1. The lowest BCUT2D eigenvalue weighted by molar-refractivity contribution is -0.136. The van der Waals surface area contributed by atoms with Gasteiger partial charge in [0, 0.05) is 26.7 Å². The molecular formula is C15H19N5O. The molecule has 0 bridgehead atoms. The third-order valence-corrected chi connectivity index (χ3v) is 3.78. The molecule has 2 heterocycles. The molecule has 6 nitrogen and oxygen atoms in total. The van der Waals surface area contributed by atoms with E-state index < -0.39 is 0 Å². The number of piperazine rings is 1. The standard InChI is InChI=1S/C15H19N5O/c1-18-14(16-12-17-18)10-19-7-8-20(15(21)11-19)9-13-5-3-2-4-6-13/h2-6,12H,7-11H2,1H3. The van der Waals surface area contributed by atoms with Crippen LogP contribution < -0.4 is 0 Å². The minimum Gasteiger partial charge on any atom is -0.336 e. The number of hydrogen-bond donors (Lipinski definition) is 0. The normalized spacial score (nSPS) is 16.4. The Morgan fingerprint density at radius 3 is 2.62 bits per heavy atom. The second-order valence-electron chi connectivity index (χ2n) is 5.31. The van der Waals surface area contributed by atoms with Gasteiger partial charge >= 0.3 is 0 Å². The van der Waals surface area contributed by atoms with E-state index in [4.69, 9.17) is 0 Å². The van der Waals surface area contributed by atoms with Crippen LogP contribution in [-0.2, 0) is 24.9 Å². The van der Waals surface area contributed by atoms with Gasteiger partial charge in [-0.05, 0) is 5.56 Å². The highest BCUT2D eigenvalue weighted by atomic mass is 16.2. The van der Waals surface area contributed by atoms with Crippen molar-refractivity contribution in [1.29, 1.82) is 0 Å². The Labute approximate surface area is 124 Å². The maximum atomic E-state index is 12.3. The Morgan fingerprint density at radius 2 is 1.95 bits per heavy atom. The fourth-order valence-electron chi connectivity index (χ4n) is 2.53. The monoisotopic (exact) mass is 285 g/mol. The molecule has 0 aliphatic carbocycles. The number of hydrogen-bond acceptors (Lipinski definition) is 4. The molecule has 1 aromatic heterocycles. The van der Waals surface area contributed by atoms with E-state index in [1.54, 1.807) is 11.0 Å². The van der Waals surface area contributed by atoms with Crippen LogP contribution in [0.3, 0.4) is 0 Å². The summed E-state index contributed by atoms with van der Waals surface area (Å²) in [6, 6.07) is 10.1. The molecule has 0 atom stereocenters. The lowest BCUT2D eigenvalue weighted by Crippen LogP contribution is -2.49. The lowest BCUT2D eigenvalue weighted by Gasteiger charge is -2.34. The molecule has 0 unspecified atom stereocenters. The van der Waals surface area contributed by atoms with Gasteiger partial charge in [-0.1, -0.05) is 30.3 Å². The Bertz CT molecular complexity index is 610. The molecule has 0 N–H and O–H groups in total. The maximum absolute atomic E-state index is 12.3. The van der Waals surface area contributed by atoms with Crippen molar-refractivity contribution in [2.24, 2.45) is 7.05 Å². The molecular weight excluding hydrogens is 266 g/mol. The van der Waals surface area contributed by atoms with Crippen LogP contribution in [0, 0.1) is 0 Å². The summed E-state index contributed by atoms with van der Waals surface area (Å²) in [6.45, 7) is 3.43. The Morgan fingerprint density at radius 1 is 1.14 bits per heavy atom. The van der Waals surface area contributed by atoms with Gasteiger partial charge in [0.2, 0.25) is 5.91 Å². The minimum absolute atomic E-state index is 0.173. The summed E-state index contributed by atoms with van der Waals surface area (Å²) >= 11 is 0. The second kappa shape index (κ2) is 6.05. The number of amides is 1. The largest absolute Gasteiger partial charge is 0.336 e. The molecule has 1 fully saturated rings. The second-order valence-corrected chi connectivity index (χ2v) is 5.31. The first-order chi connectivity index (χ1) is 10.2. The zero-order valence-corrected chi connectivity index (χ0v) is 12.1. The van der Waals surface area contributed by atoms with Crippen LogP contribution in [0.1, 0.15) is 11.4 Å². The first-order valence-corrected chi connectivity index (χ1v) is 7.09. The van der Waals surface area contributed by atoms with E-state index in [1.807, 2.05) is 30.1 Å². The van der Waals surface area contributed by atoms with Crippen LogP contribution in [0.2, 0.25) is 0 Å². The van der Waals surface area contributed by atoms with Crippen LogP contribution in [0.4, 0.5) is 0 Å². The predicted molar refractivity (Wildman–Crippen MR) is 78.1 cm³/mol. The maximum Gasteiger partial charge on any atom is 0.237 e. The van der Waals surface area contributed by atoms with Gasteiger partial charge in [0.05, 0.1) is 13.1 Å². The highest BCUT2D eigenvalue weighted by molar-refractivity contribution is 5.79. The number of aromatic nitrogens is 3. The van der Waals surface area contributed by atoms with Crippen molar-refractivity contribution in [2.75, 3.05) is 19.6 Å². The number of carbonyl (C=O) groups is 1. The fourth-order valence-corrected chi connectivity index (χ4v) is 2.53. The summed E-state index contributed by atoms with van der Waals surface area (Å²) in [5, 5.41) is 4.06. The van der Waals surface area contributed by atoms with Crippen LogP contribution in [-0.4, -0.2) is 50.1 Å². The summed E-state index contributed by atoms with van der Waals surface area (Å²) in [6.07, 6.45) is 1.54. The average Bonchev–Trinajstić information content (AvgIpc) is 2.88. The van der Waals surface area contributed by atoms with E-state index in [0.717, 1.165) is 18.9 Å². The van der Waals surface area contributed by atoms with Crippen LogP contribution in [0.5, 0.6) is 0 Å². The zero-order chi connectivity index (χ0) is 14.7. The third-order valence-electron chi connectivity index (χ3n) is 3.78. The van der Waals surface area contributed by atoms with Gasteiger partial charge in [-0.15, -0.1) is 0 Å². The van der Waals surface area contributed by atoms with Gasteiger partial charge < -0.3 is 4.90 Å². The predicted octanol–water partition coefficient (Wildman–Crippen LogP) is 0.659. The van der Waals surface area contributed by atoms with E-state index in [9.17, 15) is 4.79 Å². The van der Waals surface area contributed by atoms with Gasteiger partial charge in [0.25, 0.3) is 0 Å². The summed E-state index contributed by atoms with van der Waals surface area (Å²) in [7, 11) is 1.87. The van der Waals surface area contributed by atoms with E-state index in [1.165, 1.54) is 5.56 Å². The molecule has 2 aromatic rings. The van der Waals surface area contributed by atoms with Crippen LogP contribution >= 0.6 is 0 Å². The zero-order valence-electron chi connectivity index (χ0n) is 12.1. The van der Waals surface area contributed by atoms with Gasteiger partial charge in [-0.3, -0.25) is 14.4 Å². The van der Waals surface area contributed by atoms with E-state index in [0.29, 0.717) is 19.6 Å². The first-order valence-electron chi connectivity index (χ1n) is 7.09. The number of carbonyl (C=O) groups excluding carboxylic acids is 1. The van der Waals surface area contributed by atoms with Crippen molar-refractivity contribution in [2.45, 2.75) is 13.1 Å². The molecule has 6 heteroatoms. The molecule has 0 radical (unpaired) electrons. The van der Waals surface area contributed by atoms with Gasteiger partial charge in [0.15, 0.2) is 0 Å². The summed E-state index contributed by atoms with van der Waals surface area (Å²) in [5.74, 6) is 1.06. The van der Waals surface area contributed by atoms with Crippen molar-refractivity contribution in [3.05, 3.63) is 48.0 Å². The first kappa shape index (κ1) is 13.8. The molecule has 0 saturated carbocycles. The molecule has 1 amide bonds. The molecule has 110 valence electrons. The molecule has 1 saturated heterocycles. The molecule has 1 aromatic carbocycles. The molecule has 1 aliphatic heterocycles. The number of benzene rings is 1. The van der Waals surface area contributed by atoms with E-state index in [2.05, 4.69) is 27.1 Å². The Kier molecular flexibility index (Phi) is 3.96.